The Balaban J connectivity index is 1.61. The molecular weight excluding hydrogens is 511 g/mol. The second-order valence-corrected chi connectivity index (χ2v) is 10.4. The van der Waals surface area contributed by atoms with Gasteiger partial charge in [-0.05, 0) is 49.2 Å². The highest BCUT2D eigenvalue weighted by Crippen LogP contribution is 2.37. The van der Waals surface area contributed by atoms with E-state index in [0.29, 0.717) is 30.3 Å². The van der Waals surface area contributed by atoms with Gasteiger partial charge in [-0.1, -0.05) is 45.0 Å². The average molecular weight is 526 g/mol. The van der Waals surface area contributed by atoms with Gasteiger partial charge in [0.2, 0.25) is 0 Å². The van der Waals surface area contributed by atoms with Crippen LogP contribution in [0.15, 0.2) is 58.7 Å². The van der Waals surface area contributed by atoms with Crippen molar-refractivity contribution in [2.24, 2.45) is 0 Å². The van der Waals surface area contributed by atoms with Crippen LogP contribution in [0.2, 0.25) is 15.1 Å². The predicted molar refractivity (Wildman–Crippen MR) is 123 cm³/mol. The number of hydrogen-bond acceptors (Lipinski definition) is 6. The Bertz CT molecular complexity index is 1500. The van der Waals surface area contributed by atoms with Crippen molar-refractivity contribution in [3.8, 4) is 11.4 Å². The van der Waals surface area contributed by atoms with Crippen molar-refractivity contribution < 1.29 is 8.42 Å². The van der Waals surface area contributed by atoms with E-state index < -0.39 is 20.9 Å². The molecule has 1 saturated carbocycles. The molecule has 2 aromatic heterocycles. The van der Waals surface area contributed by atoms with E-state index in [9.17, 15) is 13.2 Å². The number of rotatable bonds is 6. The molecule has 0 spiro atoms. The third kappa shape index (κ3) is 3.97. The molecule has 33 heavy (non-hydrogen) atoms. The minimum Gasteiger partial charge on any atom is -0.271 e. The maximum Gasteiger partial charge on any atom is 0.361 e. The first-order chi connectivity index (χ1) is 15.8. The first kappa shape index (κ1) is 22.1. The van der Waals surface area contributed by atoms with E-state index in [-0.39, 0.29) is 18.4 Å². The Morgan fingerprint density at radius 1 is 1.00 bits per heavy atom. The maximum absolute atomic E-state index is 13.5. The molecule has 2 heterocycles. The molecule has 1 fully saturated rings. The molecule has 170 valence electrons. The summed E-state index contributed by atoms with van der Waals surface area (Å²) in [5.41, 5.74) is 0.273. The molecule has 0 unspecified atom stereocenters. The lowest BCUT2D eigenvalue weighted by Crippen LogP contribution is -2.32. The van der Waals surface area contributed by atoms with Gasteiger partial charge in [-0.2, -0.15) is 13.5 Å². The van der Waals surface area contributed by atoms with Crippen molar-refractivity contribution >= 4 is 44.8 Å². The summed E-state index contributed by atoms with van der Waals surface area (Å²) in [5.74, 6) is 0.239. The zero-order valence-electron chi connectivity index (χ0n) is 16.8. The van der Waals surface area contributed by atoms with E-state index in [1.54, 1.807) is 42.5 Å². The summed E-state index contributed by atoms with van der Waals surface area (Å²) in [4.78, 5) is 17.1. The molecule has 4 aromatic rings. The second kappa shape index (κ2) is 8.28. The lowest BCUT2D eigenvalue weighted by Gasteiger charge is -2.09. The van der Waals surface area contributed by atoms with Crippen LogP contribution in [-0.2, 0) is 16.6 Å². The van der Waals surface area contributed by atoms with Gasteiger partial charge in [0.25, 0.3) is 5.16 Å². The Morgan fingerprint density at radius 2 is 1.67 bits per heavy atom. The van der Waals surface area contributed by atoms with Gasteiger partial charge in [0.15, 0.2) is 5.82 Å². The number of hydrogen-bond donors (Lipinski definition) is 0. The molecule has 13 heteroatoms. The largest absolute Gasteiger partial charge is 0.361 e. The molecular formula is C20H15Cl3N6O3S. The monoisotopic (exact) mass is 524 g/mol. The van der Waals surface area contributed by atoms with E-state index in [0.717, 1.165) is 23.9 Å². The first-order valence-electron chi connectivity index (χ1n) is 9.81. The third-order valence-corrected chi connectivity index (χ3v) is 7.64. The van der Waals surface area contributed by atoms with Crippen molar-refractivity contribution in [3.05, 3.63) is 79.9 Å². The van der Waals surface area contributed by atoms with Crippen molar-refractivity contribution in [3.63, 3.8) is 0 Å². The number of aromatic nitrogens is 6. The Kier molecular flexibility index (Phi) is 5.56. The molecule has 1 aliphatic carbocycles. The summed E-state index contributed by atoms with van der Waals surface area (Å²) in [6, 6.07) is 11.5. The third-order valence-electron chi connectivity index (χ3n) is 5.21. The fourth-order valence-electron chi connectivity index (χ4n) is 3.45. The fourth-order valence-corrected chi connectivity index (χ4v) is 5.28. The van der Waals surface area contributed by atoms with Gasteiger partial charge in [-0.25, -0.2) is 14.5 Å². The summed E-state index contributed by atoms with van der Waals surface area (Å²) in [5, 5.41) is 8.94. The van der Waals surface area contributed by atoms with Crippen LogP contribution in [0.1, 0.15) is 24.4 Å². The van der Waals surface area contributed by atoms with Gasteiger partial charge in [0.05, 0.1) is 6.54 Å². The van der Waals surface area contributed by atoms with Crippen LogP contribution in [0.5, 0.6) is 0 Å². The summed E-state index contributed by atoms with van der Waals surface area (Å²) in [6.07, 6.45) is 2.60. The molecule has 1 aliphatic rings. The fraction of sp³-hybridized carbons (Fsp3) is 0.200. The standard InChI is InChI=1S/C20H15Cl3N6O3S/c21-13-6-4-12(5-7-13)18-26-29(20(30)28(18)14-8-9-14)33(31,32)19-24-11-25-27(19)10-15-16(22)2-1-3-17(15)23/h1-7,11,14H,8-10H2. The Labute approximate surface area is 203 Å². The number of benzene rings is 2. The number of nitrogens with zero attached hydrogens (tertiary/aromatic N) is 6. The van der Waals surface area contributed by atoms with E-state index >= 15 is 0 Å². The highest BCUT2D eigenvalue weighted by Gasteiger charge is 2.35. The Hall–Kier alpha value is -2.66. The quantitative estimate of drug-likeness (QED) is 0.378. The van der Waals surface area contributed by atoms with E-state index in [1.807, 2.05) is 0 Å². The lowest BCUT2D eigenvalue weighted by atomic mass is 10.2. The summed E-state index contributed by atoms with van der Waals surface area (Å²) in [6.45, 7) is -0.0603. The van der Waals surface area contributed by atoms with Crippen molar-refractivity contribution in [2.75, 3.05) is 0 Å². The van der Waals surface area contributed by atoms with E-state index in [2.05, 4.69) is 15.2 Å². The van der Waals surface area contributed by atoms with Crippen LogP contribution in [0.3, 0.4) is 0 Å². The molecule has 9 nitrogen and oxygen atoms in total. The van der Waals surface area contributed by atoms with Gasteiger partial charge in [0.1, 0.15) is 6.33 Å². The van der Waals surface area contributed by atoms with Crippen LogP contribution < -0.4 is 5.69 Å². The van der Waals surface area contributed by atoms with Gasteiger partial charge in [0, 0.05) is 32.2 Å². The smallest absolute Gasteiger partial charge is 0.271 e. The number of halogens is 3. The SMILES string of the molecule is O=c1n(S(=O)(=O)c2ncnn2Cc2c(Cl)cccc2Cl)nc(-c2ccc(Cl)cc2)n1C1CC1. The molecule has 0 N–H and O–H groups in total. The molecule has 0 saturated heterocycles. The normalized spacial score (nSPS) is 14.0. The second-order valence-electron chi connectivity index (χ2n) is 7.46. The molecule has 0 radical (unpaired) electrons. The molecule has 0 bridgehead atoms. The summed E-state index contributed by atoms with van der Waals surface area (Å²) in [7, 11) is -4.48. The van der Waals surface area contributed by atoms with E-state index in [4.69, 9.17) is 34.8 Å². The molecule has 0 amide bonds. The van der Waals surface area contributed by atoms with Crippen LogP contribution >= 0.6 is 34.8 Å². The minimum atomic E-state index is -4.48. The van der Waals surface area contributed by atoms with Crippen molar-refractivity contribution in [2.45, 2.75) is 30.6 Å². The first-order valence-corrected chi connectivity index (χ1v) is 12.4. The minimum absolute atomic E-state index is 0.0603. The van der Waals surface area contributed by atoms with Gasteiger partial charge < -0.3 is 0 Å². The van der Waals surface area contributed by atoms with Crippen molar-refractivity contribution in [1.82, 2.24) is 28.5 Å². The van der Waals surface area contributed by atoms with Crippen LogP contribution in [0.25, 0.3) is 11.4 Å². The van der Waals surface area contributed by atoms with Crippen LogP contribution in [0.4, 0.5) is 0 Å². The van der Waals surface area contributed by atoms with Crippen molar-refractivity contribution in [1.29, 1.82) is 0 Å². The highest BCUT2D eigenvalue weighted by molar-refractivity contribution is 7.89. The lowest BCUT2D eigenvalue weighted by molar-refractivity contribution is 0.537. The molecule has 2 aromatic carbocycles. The summed E-state index contributed by atoms with van der Waals surface area (Å²) < 4.78 is 29.9. The zero-order valence-corrected chi connectivity index (χ0v) is 19.9. The average Bonchev–Trinajstić information content (AvgIpc) is 3.38. The van der Waals surface area contributed by atoms with Gasteiger partial charge in [-0.15, -0.1) is 5.10 Å². The maximum atomic E-state index is 13.5. The molecule has 5 rings (SSSR count). The predicted octanol–water partition coefficient (Wildman–Crippen LogP) is 3.88. The Morgan fingerprint density at radius 3 is 2.30 bits per heavy atom. The van der Waals surface area contributed by atoms with Crippen LogP contribution in [-0.4, -0.2) is 36.9 Å². The molecule has 0 atom stereocenters. The van der Waals surface area contributed by atoms with Gasteiger partial charge >= 0.3 is 15.7 Å². The van der Waals surface area contributed by atoms with Gasteiger partial charge in [-0.3, -0.25) is 4.57 Å². The summed E-state index contributed by atoms with van der Waals surface area (Å²) >= 11 is 18.4. The molecule has 0 aliphatic heterocycles. The topological polar surface area (TPSA) is 105 Å². The highest BCUT2D eigenvalue weighted by atomic mass is 35.5. The van der Waals surface area contributed by atoms with Crippen LogP contribution in [0, 0.1) is 0 Å². The van der Waals surface area contributed by atoms with E-state index in [1.165, 1.54) is 4.57 Å². The zero-order chi connectivity index (χ0) is 23.3.